The summed E-state index contributed by atoms with van der Waals surface area (Å²) in [5, 5.41) is 3.78. The predicted octanol–water partition coefficient (Wildman–Crippen LogP) is 3.19. The molecule has 6 heteroatoms. The number of para-hydroxylation sites is 1. The Morgan fingerprint density at radius 1 is 1.07 bits per heavy atom. The minimum atomic E-state index is 0.0866. The fourth-order valence-corrected chi connectivity index (χ4v) is 4.13. The number of amides is 1. The van der Waals surface area contributed by atoms with Crippen LogP contribution in [0.25, 0.3) is 22.2 Å². The van der Waals surface area contributed by atoms with Crippen LogP contribution in [-0.4, -0.2) is 61.0 Å². The Hall–Kier alpha value is -2.99. The first-order valence-corrected chi connectivity index (χ1v) is 10.6. The second-order valence-corrected chi connectivity index (χ2v) is 8.03. The van der Waals surface area contributed by atoms with E-state index in [4.69, 9.17) is 9.97 Å². The van der Waals surface area contributed by atoms with Crippen molar-refractivity contribution >= 4 is 22.8 Å². The number of nitrogens with one attached hydrogen (secondary N) is 1. The lowest BCUT2D eigenvalue weighted by Crippen LogP contribution is -2.42. The molecule has 1 amide bonds. The molecule has 30 heavy (non-hydrogen) atoms. The van der Waals surface area contributed by atoms with Gasteiger partial charge in [0.2, 0.25) is 11.9 Å². The van der Waals surface area contributed by atoms with Gasteiger partial charge in [0.1, 0.15) is 0 Å². The molecule has 0 unspecified atom stereocenters. The van der Waals surface area contributed by atoms with Crippen LogP contribution >= 0.6 is 0 Å². The van der Waals surface area contributed by atoms with Crippen molar-refractivity contribution in [2.45, 2.75) is 12.8 Å². The van der Waals surface area contributed by atoms with Crippen molar-refractivity contribution in [3.8, 4) is 11.3 Å². The van der Waals surface area contributed by atoms with Gasteiger partial charge in [0.25, 0.3) is 0 Å². The maximum Gasteiger partial charge on any atom is 0.233 e. The fourth-order valence-electron chi connectivity index (χ4n) is 4.13. The molecule has 3 aromatic rings. The number of aromatic nitrogens is 2. The first kappa shape index (κ1) is 20.3. The van der Waals surface area contributed by atoms with Gasteiger partial charge in [-0.05, 0) is 37.9 Å². The van der Waals surface area contributed by atoms with Crippen molar-refractivity contribution < 1.29 is 4.79 Å². The number of fused-ring (bicyclic) bond motifs is 1. The lowest BCUT2D eigenvalue weighted by Gasteiger charge is -2.33. The van der Waals surface area contributed by atoms with Gasteiger partial charge in [0.05, 0.1) is 17.8 Å². The Kier molecular flexibility index (Phi) is 6.23. The predicted molar refractivity (Wildman–Crippen MR) is 121 cm³/mol. The summed E-state index contributed by atoms with van der Waals surface area (Å²) in [6.45, 7) is 3.33. The van der Waals surface area contributed by atoms with Crippen molar-refractivity contribution in [1.82, 2.24) is 20.2 Å². The third-order valence-electron chi connectivity index (χ3n) is 5.87. The Balaban J connectivity index is 1.50. The summed E-state index contributed by atoms with van der Waals surface area (Å²) < 4.78 is 0. The van der Waals surface area contributed by atoms with Crippen LogP contribution in [0.5, 0.6) is 0 Å². The summed E-state index contributed by atoms with van der Waals surface area (Å²) in [5.74, 6) is 1.43. The standard InChI is InChI=1S/C24H29N5O/c1-25-22(30)17-29-14-12-18(13-15-29)16-28(2)24-26-21-11-7-6-10-20(21)23(27-24)19-8-4-3-5-9-19/h3-11,18H,12-17H2,1-2H3,(H,25,30). The number of likely N-dealkylation sites (N-methyl/N-ethyl adjacent to an activating group) is 1. The summed E-state index contributed by atoms with van der Waals surface area (Å²) in [6.07, 6.45) is 2.17. The van der Waals surface area contributed by atoms with E-state index >= 15 is 0 Å². The molecule has 1 N–H and O–H groups in total. The number of hydrogen-bond acceptors (Lipinski definition) is 5. The van der Waals surface area contributed by atoms with E-state index in [-0.39, 0.29) is 5.91 Å². The molecule has 0 aliphatic carbocycles. The Labute approximate surface area is 177 Å². The molecule has 2 aromatic carbocycles. The van der Waals surface area contributed by atoms with Crippen molar-refractivity contribution in [2.24, 2.45) is 5.92 Å². The van der Waals surface area contributed by atoms with Crippen molar-refractivity contribution in [3.63, 3.8) is 0 Å². The highest BCUT2D eigenvalue weighted by atomic mass is 16.1. The molecule has 6 nitrogen and oxygen atoms in total. The SMILES string of the molecule is CNC(=O)CN1CCC(CN(C)c2nc(-c3ccccc3)c3ccccc3n2)CC1. The van der Waals surface area contributed by atoms with Crippen LogP contribution in [0.1, 0.15) is 12.8 Å². The summed E-state index contributed by atoms with van der Waals surface area (Å²) in [7, 11) is 3.77. The average molecular weight is 404 g/mol. The van der Waals surface area contributed by atoms with E-state index in [1.807, 2.05) is 30.3 Å². The van der Waals surface area contributed by atoms with Gasteiger partial charge in [0, 0.05) is 31.6 Å². The molecule has 1 aromatic heterocycles. The van der Waals surface area contributed by atoms with Gasteiger partial charge in [-0.15, -0.1) is 0 Å². The normalized spacial score (nSPS) is 15.3. The quantitative estimate of drug-likeness (QED) is 0.685. The molecule has 1 aliphatic heterocycles. The summed E-state index contributed by atoms with van der Waals surface area (Å²) in [6, 6.07) is 18.5. The van der Waals surface area contributed by atoms with Gasteiger partial charge in [-0.25, -0.2) is 9.97 Å². The van der Waals surface area contributed by atoms with Gasteiger partial charge in [-0.1, -0.05) is 48.5 Å². The van der Waals surface area contributed by atoms with Crippen molar-refractivity contribution in [3.05, 3.63) is 54.6 Å². The number of rotatable bonds is 6. The van der Waals surface area contributed by atoms with Crippen LogP contribution in [0.3, 0.4) is 0 Å². The molecule has 0 bridgehead atoms. The molecule has 1 fully saturated rings. The smallest absolute Gasteiger partial charge is 0.233 e. The third kappa shape index (κ3) is 4.60. The first-order chi connectivity index (χ1) is 14.6. The van der Waals surface area contributed by atoms with Crippen LogP contribution in [0.4, 0.5) is 5.95 Å². The van der Waals surface area contributed by atoms with Crippen LogP contribution in [0, 0.1) is 5.92 Å². The summed E-state index contributed by atoms with van der Waals surface area (Å²) in [4.78, 5) is 25.8. The van der Waals surface area contributed by atoms with E-state index in [0.717, 1.165) is 60.6 Å². The maximum atomic E-state index is 11.6. The average Bonchev–Trinajstić information content (AvgIpc) is 2.80. The van der Waals surface area contributed by atoms with Crippen LogP contribution in [0.2, 0.25) is 0 Å². The molecule has 156 valence electrons. The zero-order chi connectivity index (χ0) is 20.9. The van der Waals surface area contributed by atoms with Crippen molar-refractivity contribution in [1.29, 1.82) is 0 Å². The molecule has 4 rings (SSSR count). The highest BCUT2D eigenvalue weighted by Crippen LogP contribution is 2.28. The lowest BCUT2D eigenvalue weighted by atomic mass is 9.96. The largest absolute Gasteiger partial charge is 0.358 e. The number of nitrogens with zero attached hydrogens (tertiary/aromatic N) is 4. The zero-order valence-corrected chi connectivity index (χ0v) is 17.7. The number of benzene rings is 2. The van der Waals surface area contributed by atoms with E-state index in [1.54, 1.807) is 7.05 Å². The molecule has 1 saturated heterocycles. The first-order valence-electron chi connectivity index (χ1n) is 10.6. The molecule has 0 radical (unpaired) electrons. The van der Waals surface area contributed by atoms with Crippen LogP contribution in [0.15, 0.2) is 54.6 Å². The molecule has 0 spiro atoms. The van der Waals surface area contributed by atoms with Gasteiger partial charge < -0.3 is 10.2 Å². The number of anilines is 1. The summed E-state index contributed by atoms with van der Waals surface area (Å²) in [5.41, 5.74) is 3.05. The Morgan fingerprint density at radius 3 is 2.50 bits per heavy atom. The second kappa shape index (κ2) is 9.22. The number of carbonyl (C=O) groups excluding carboxylic acids is 1. The van der Waals surface area contributed by atoms with E-state index < -0.39 is 0 Å². The minimum absolute atomic E-state index is 0.0866. The van der Waals surface area contributed by atoms with Gasteiger partial charge in [-0.3, -0.25) is 9.69 Å². The van der Waals surface area contributed by atoms with Gasteiger partial charge in [-0.2, -0.15) is 0 Å². The van der Waals surface area contributed by atoms with Crippen LogP contribution in [-0.2, 0) is 4.79 Å². The second-order valence-electron chi connectivity index (χ2n) is 8.03. The Morgan fingerprint density at radius 2 is 1.77 bits per heavy atom. The van der Waals surface area contributed by atoms with E-state index in [9.17, 15) is 4.79 Å². The highest BCUT2D eigenvalue weighted by molar-refractivity contribution is 5.93. The van der Waals surface area contributed by atoms with E-state index in [0.29, 0.717) is 12.5 Å². The molecular formula is C24H29N5O. The molecule has 0 atom stereocenters. The van der Waals surface area contributed by atoms with Gasteiger partial charge in [0.15, 0.2) is 0 Å². The zero-order valence-electron chi connectivity index (χ0n) is 17.7. The van der Waals surface area contributed by atoms with Gasteiger partial charge >= 0.3 is 0 Å². The van der Waals surface area contributed by atoms with Crippen molar-refractivity contribution in [2.75, 3.05) is 45.2 Å². The van der Waals surface area contributed by atoms with E-state index in [1.165, 1.54) is 0 Å². The highest BCUT2D eigenvalue weighted by Gasteiger charge is 2.23. The maximum absolute atomic E-state index is 11.6. The molecule has 0 saturated carbocycles. The molecular weight excluding hydrogens is 374 g/mol. The Bertz CT molecular complexity index is 999. The van der Waals surface area contributed by atoms with E-state index in [2.05, 4.69) is 46.4 Å². The van der Waals surface area contributed by atoms with Crippen LogP contribution < -0.4 is 10.2 Å². The topological polar surface area (TPSA) is 61.4 Å². The fraction of sp³-hybridized carbons (Fsp3) is 0.375. The number of carbonyl (C=O) groups is 1. The number of likely N-dealkylation sites (tertiary alicyclic amines) is 1. The molecule has 2 heterocycles. The lowest BCUT2D eigenvalue weighted by molar-refractivity contribution is -0.122. The monoisotopic (exact) mass is 403 g/mol. The summed E-state index contributed by atoms with van der Waals surface area (Å²) >= 11 is 0. The number of hydrogen-bond donors (Lipinski definition) is 1. The third-order valence-corrected chi connectivity index (χ3v) is 5.87. The molecule has 1 aliphatic rings. The number of piperidine rings is 1. The minimum Gasteiger partial charge on any atom is -0.358 e.